The van der Waals surface area contributed by atoms with Gasteiger partial charge in [-0.3, -0.25) is 0 Å². The molecule has 0 atom stereocenters. The van der Waals surface area contributed by atoms with E-state index in [1.54, 1.807) is 30.0 Å². The fraction of sp³-hybridized carbons (Fsp3) is 0.188. The zero-order valence-electron chi connectivity index (χ0n) is 11.0. The predicted molar refractivity (Wildman–Crippen MR) is 77.6 cm³/mol. The van der Waals surface area contributed by atoms with E-state index < -0.39 is 11.7 Å². The first-order chi connectivity index (χ1) is 9.99. The molecule has 0 spiro atoms. The fourth-order valence-electron chi connectivity index (χ4n) is 1.80. The van der Waals surface area contributed by atoms with Crippen LogP contribution < -0.4 is 0 Å². The van der Waals surface area contributed by atoms with Gasteiger partial charge in [0.25, 0.3) is 0 Å². The van der Waals surface area contributed by atoms with Crippen LogP contribution in [0.1, 0.15) is 22.3 Å². The second-order valence-electron chi connectivity index (χ2n) is 4.50. The van der Waals surface area contributed by atoms with Gasteiger partial charge < -0.3 is 0 Å². The van der Waals surface area contributed by atoms with Crippen molar-refractivity contribution < 1.29 is 13.2 Å². The first-order valence-electron chi connectivity index (χ1n) is 6.22. The topological polar surface area (TPSA) is 23.8 Å². The summed E-state index contributed by atoms with van der Waals surface area (Å²) >= 11 is 1.54. The average Bonchev–Trinajstić information content (AvgIpc) is 2.47. The van der Waals surface area contributed by atoms with Crippen molar-refractivity contribution in [2.24, 2.45) is 0 Å². The molecule has 0 radical (unpaired) electrons. The molecule has 0 N–H and O–H groups in total. The Bertz CT molecular complexity index is 642. The van der Waals surface area contributed by atoms with Crippen LogP contribution >= 0.6 is 11.8 Å². The highest BCUT2D eigenvalue weighted by Gasteiger charge is 2.30. The van der Waals surface area contributed by atoms with E-state index in [4.69, 9.17) is 5.26 Å². The molecule has 21 heavy (non-hydrogen) atoms. The molecule has 108 valence electrons. The van der Waals surface area contributed by atoms with Crippen molar-refractivity contribution >= 4 is 11.8 Å². The van der Waals surface area contributed by atoms with Gasteiger partial charge in [-0.2, -0.15) is 30.2 Å². The molecule has 0 heterocycles. The van der Waals surface area contributed by atoms with Crippen molar-refractivity contribution in [1.29, 1.82) is 5.26 Å². The number of hydrogen-bond acceptors (Lipinski definition) is 2. The normalized spacial score (nSPS) is 11.1. The largest absolute Gasteiger partial charge is 0.416 e. The van der Waals surface area contributed by atoms with E-state index in [1.807, 2.05) is 18.2 Å². The number of hydrogen-bond donors (Lipinski definition) is 0. The highest BCUT2D eigenvalue weighted by atomic mass is 32.2. The Morgan fingerprint density at radius 3 is 2.24 bits per heavy atom. The fourth-order valence-corrected chi connectivity index (χ4v) is 2.75. The zero-order valence-corrected chi connectivity index (χ0v) is 11.8. The lowest BCUT2D eigenvalue weighted by Crippen LogP contribution is -2.04. The van der Waals surface area contributed by atoms with Crippen LogP contribution in [-0.4, -0.2) is 0 Å². The van der Waals surface area contributed by atoms with E-state index in [1.165, 1.54) is 12.1 Å². The summed E-state index contributed by atoms with van der Waals surface area (Å²) in [6, 6.07) is 14.6. The van der Waals surface area contributed by atoms with Crippen molar-refractivity contribution in [3.05, 3.63) is 70.8 Å². The molecule has 0 saturated carbocycles. The zero-order chi connectivity index (χ0) is 15.3. The quantitative estimate of drug-likeness (QED) is 0.792. The van der Waals surface area contributed by atoms with Crippen LogP contribution in [0, 0.1) is 11.3 Å². The Labute approximate surface area is 125 Å². The summed E-state index contributed by atoms with van der Waals surface area (Å²) in [6.45, 7) is 0. The molecule has 0 aromatic heterocycles. The molecule has 1 nitrogen and oxygen atoms in total. The molecule has 0 saturated heterocycles. The molecule has 0 aliphatic heterocycles. The second kappa shape index (κ2) is 6.68. The monoisotopic (exact) mass is 307 g/mol. The van der Waals surface area contributed by atoms with Gasteiger partial charge >= 0.3 is 6.18 Å². The number of rotatable bonds is 4. The summed E-state index contributed by atoms with van der Waals surface area (Å²) in [7, 11) is 0. The second-order valence-corrected chi connectivity index (χ2v) is 5.49. The number of halogens is 3. The van der Waals surface area contributed by atoms with Crippen LogP contribution in [0.25, 0.3) is 0 Å². The SMILES string of the molecule is N#Cc1ccc(CSCc2cccc(C(F)(F)F)c2)cc1. The Kier molecular flexibility index (Phi) is 4.92. The van der Waals surface area contributed by atoms with Crippen LogP contribution in [0.4, 0.5) is 13.2 Å². The van der Waals surface area contributed by atoms with Crippen molar-refractivity contribution in [3.63, 3.8) is 0 Å². The van der Waals surface area contributed by atoms with Crippen LogP contribution in [0.2, 0.25) is 0 Å². The van der Waals surface area contributed by atoms with E-state index in [2.05, 4.69) is 0 Å². The smallest absolute Gasteiger partial charge is 0.192 e. The third kappa shape index (κ3) is 4.54. The Hall–Kier alpha value is -1.93. The van der Waals surface area contributed by atoms with Gasteiger partial charge in [0.15, 0.2) is 0 Å². The summed E-state index contributed by atoms with van der Waals surface area (Å²) in [5.74, 6) is 1.21. The van der Waals surface area contributed by atoms with E-state index in [-0.39, 0.29) is 0 Å². The summed E-state index contributed by atoms with van der Waals surface area (Å²) in [5.41, 5.74) is 1.69. The summed E-state index contributed by atoms with van der Waals surface area (Å²) in [6.07, 6.45) is -4.30. The number of alkyl halides is 3. The lowest BCUT2D eigenvalue weighted by atomic mass is 10.1. The maximum Gasteiger partial charge on any atom is 0.416 e. The lowest BCUT2D eigenvalue weighted by Gasteiger charge is -2.08. The van der Waals surface area contributed by atoms with Gasteiger partial charge in [-0.05, 0) is 29.3 Å². The lowest BCUT2D eigenvalue weighted by molar-refractivity contribution is -0.137. The van der Waals surface area contributed by atoms with Crippen molar-refractivity contribution in [1.82, 2.24) is 0 Å². The standard InChI is InChI=1S/C16H12F3NS/c17-16(18,19)15-3-1-2-14(8-15)11-21-10-13-6-4-12(9-20)5-7-13/h1-8H,10-11H2. The maximum absolute atomic E-state index is 12.6. The van der Waals surface area contributed by atoms with Crippen molar-refractivity contribution in [2.45, 2.75) is 17.7 Å². The number of benzene rings is 2. The highest BCUT2D eigenvalue weighted by molar-refractivity contribution is 7.97. The Morgan fingerprint density at radius 2 is 1.62 bits per heavy atom. The molecule has 2 aromatic rings. The van der Waals surface area contributed by atoms with Gasteiger partial charge in [0.2, 0.25) is 0 Å². The molecule has 0 unspecified atom stereocenters. The van der Waals surface area contributed by atoms with E-state index >= 15 is 0 Å². The molecule has 0 aliphatic rings. The number of thioether (sulfide) groups is 1. The predicted octanol–water partition coefficient (Wildman–Crippen LogP) is 5.01. The Morgan fingerprint density at radius 1 is 0.952 bits per heavy atom. The average molecular weight is 307 g/mol. The number of nitriles is 1. The molecular formula is C16H12F3NS. The molecule has 2 rings (SSSR count). The van der Waals surface area contributed by atoms with Crippen molar-refractivity contribution in [2.75, 3.05) is 0 Å². The van der Waals surface area contributed by atoms with Crippen LogP contribution in [0.15, 0.2) is 48.5 Å². The molecular weight excluding hydrogens is 295 g/mol. The van der Waals surface area contributed by atoms with Gasteiger partial charge in [0.1, 0.15) is 0 Å². The number of nitrogens with zero attached hydrogens (tertiary/aromatic N) is 1. The first kappa shape index (κ1) is 15.5. The van der Waals surface area contributed by atoms with E-state index in [9.17, 15) is 13.2 Å². The van der Waals surface area contributed by atoms with Gasteiger partial charge in [0.05, 0.1) is 17.2 Å². The minimum Gasteiger partial charge on any atom is -0.192 e. The van der Waals surface area contributed by atoms with Crippen molar-refractivity contribution in [3.8, 4) is 6.07 Å². The van der Waals surface area contributed by atoms with E-state index in [0.29, 0.717) is 22.6 Å². The van der Waals surface area contributed by atoms with Crippen LogP contribution in [-0.2, 0) is 17.7 Å². The van der Waals surface area contributed by atoms with Gasteiger partial charge in [0, 0.05) is 11.5 Å². The summed E-state index contributed by atoms with van der Waals surface area (Å²) in [5, 5.41) is 8.70. The molecule has 5 heteroatoms. The third-order valence-corrected chi connectivity index (χ3v) is 3.95. The van der Waals surface area contributed by atoms with Crippen LogP contribution in [0.5, 0.6) is 0 Å². The van der Waals surface area contributed by atoms with Gasteiger partial charge in [-0.25, -0.2) is 0 Å². The Balaban J connectivity index is 1.93. The van der Waals surface area contributed by atoms with E-state index in [0.717, 1.165) is 11.6 Å². The molecule has 0 fully saturated rings. The summed E-state index contributed by atoms with van der Waals surface area (Å²) in [4.78, 5) is 0. The highest BCUT2D eigenvalue weighted by Crippen LogP contribution is 2.30. The minimum atomic E-state index is -4.30. The first-order valence-corrected chi connectivity index (χ1v) is 7.37. The third-order valence-electron chi connectivity index (χ3n) is 2.87. The minimum absolute atomic E-state index is 0.518. The van der Waals surface area contributed by atoms with Crippen LogP contribution in [0.3, 0.4) is 0 Å². The maximum atomic E-state index is 12.6. The van der Waals surface area contributed by atoms with Gasteiger partial charge in [-0.1, -0.05) is 30.3 Å². The molecule has 0 amide bonds. The molecule has 0 bridgehead atoms. The molecule has 0 aliphatic carbocycles. The molecule has 2 aromatic carbocycles. The van der Waals surface area contributed by atoms with Gasteiger partial charge in [-0.15, -0.1) is 0 Å². The summed E-state index contributed by atoms with van der Waals surface area (Å²) < 4.78 is 37.8.